The van der Waals surface area contributed by atoms with Crippen molar-refractivity contribution in [1.29, 1.82) is 0 Å². The normalized spacial score (nSPS) is 40.7. The first-order valence-corrected chi connectivity index (χ1v) is 9.44. The van der Waals surface area contributed by atoms with Crippen LogP contribution >= 0.6 is 0 Å². The summed E-state index contributed by atoms with van der Waals surface area (Å²) in [5, 5.41) is 9.38. The predicted octanol–water partition coefficient (Wildman–Crippen LogP) is 1.93. The van der Waals surface area contributed by atoms with Gasteiger partial charge in [0, 0.05) is 18.6 Å². The summed E-state index contributed by atoms with van der Waals surface area (Å²) in [6, 6.07) is -1.75. The maximum atomic E-state index is 14.0. The third kappa shape index (κ3) is 3.72. The molecule has 0 aromatic carbocycles. The van der Waals surface area contributed by atoms with Gasteiger partial charge in [-0.15, -0.1) is 0 Å². The Labute approximate surface area is 146 Å². The molecule has 25 heavy (non-hydrogen) atoms. The smallest absolute Gasteiger partial charge is 0.315 e. The number of aliphatic carboxylic acids is 1. The summed E-state index contributed by atoms with van der Waals surface area (Å²) < 4.78 is 28.1. The van der Waals surface area contributed by atoms with E-state index in [0.29, 0.717) is 12.5 Å². The van der Waals surface area contributed by atoms with Crippen LogP contribution in [0.3, 0.4) is 0 Å². The number of carboxylic acid groups (broad SMARTS) is 1. The van der Waals surface area contributed by atoms with Crippen molar-refractivity contribution < 1.29 is 23.5 Å². The van der Waals surface area contributed by atoms with E-state index in [0.717, 1.165) is 6.42 Å². The number of fused-ring (bicyclic) bond motifs is 1. The Morgan fingerprint density at radius 2 is 1.92 bits per heavy atom. The van der Waals surface area contributed by atoms with E-state index < -0.39 is 48.0 Å². The third-order valence-electron chi connectivity index (χ3n) is 6.41. The van der Waals surface area contributed by atoms with Crippen LogP contribution < -0.4 is 5.73 Å². The minimum Gasteiger partial charge on any atom is -0.481 e. The van der Waals surface area contributed by atoms with E-state index in [1.165, 1.54) is 32.1 Å². The quantitative estimate of drug-likeness (QED) is 0.751. The summed E-state index contributed by atoms with van der Waals surface area (Å²) in [5.41, 5.74) is 5.82. The molecule has 7 heteroatoms. The molecule has 0 aromatic rings. The highest BCUT2D eigenvalue weighted by Crippen LogP contribution is 2.38. The van der Waals surface area contributed by atoms with Crippen LogP contribution in [0.5, 0.6) is 0 Å². The lowest BCUT2D eigenvalue weighted by molar-refractivity contribution is -0.157. The SMILES string of the molecule is NC1C(F)C(F)CC2C1C(=O)C(C(=O)O)CN2CCC1CCCCC1. The second-order valence-electron chi connectivity index (χ2n) is 7.95. The molecular weight excluding hydrogens is 330 g/mol. The van der Waals surface area contributed by atoms with Crippen LogP contribution in [0, 0.1) is 17.8 Å². The molecule has 2 aliphatic carbocycles. The number of nitrogens with zero attached hydrogens (tertiary/aromatic N) is 1. The van der Waals surface area contributed by atoms with Gasteiger partial charge in [-0.3, -0.25) is 14.5 Å². The molecule has 142 valence electrons. The Bertz CT molecular complexity index is 513. The molecule has 3 N–H and O–H groups in total. The minimum atomic E-state index is -1.90. The zero-order valence-electron chi connectivity index (χ0n) is 14.4. The number of carboxylic acids is 1. The van der Waals surface area contributed by atoms with Crippen molar-refractivity contribution in [1.82, 2.24) is 4.90 Å². The van der Waals surface area contributed by atoms with Crippen molar-refractivity contribution in [3.05, 3.63) is 0 Å². The molecule has 0 aromatic heterocycles. The van der Waals surface area contributed by atoms with Gasteiger partial charge in [0.05, 0.1) is 5.92 Å². The number of alkyl halides is 2. The lowest BCUT2D eigenvalue weighted by atomic mass is 9.70. The second kappa shape index (κ2) is 7.66. The first-order valence-electron chi connectivity index (χ1n) is 9.44. The summed E-state index contributed by atoms with van der Waals surface area (Å²) in [5.74, 6) is -3.25. The van der Waals surface area contributed by atoms with E-state index in [1.54, 1.807) is 0 Å². The summed E-state index contributed by atoms with van der Waals surface area (Å²) in [7, 11) is 0. The monoisotopic (exact) mass is 358 g/mol. The Kier molecular flexibility index (Phi) is 5.73. The van der Waals surface area contributed by atoms with Crippen molar-refractivity contribution in [3.8, 4) is 0 Å². The highest BCUT2D eigenvalue weighted by atomic mass is 19.2. The zero-order chi connectivity index (χ0) is 18.1. The number of likely N-dealkylation sites (tertiary alicyclic amines) is 1. The van der Waals surface area contributed by atoms with Crippen LogP contribution in [0.1, 0.15) is 44.9 Å². The third-order valence-corrected chi connectivity index (χ3v) is 6.41. The van der Waals surface area contributed by atoms with E-state index in [2.05, 4.69) is 0 Å². The number of ketones is 1. The summed E-state index contributed by atoms with van der Waals surface area (Å²) in [6.07, 6.45) is 3.26. The van der Waals surface area contributed by atoms with Gasteiger partial charge in [0.2, 0.25) is 0 Å². The Morgan fingerprint density at radius 1 is 1.24 bits per heavy atom. The highest BCUT2D eigenvalue weighted by Gasteiger charge is 2.54. The zero-order valence-corrected chi connectivity index (χ0v) is 14.4. The number of carbonyl (C=O) groups is 2. The molecule has 0 spiro atoms. The maximum Gasteiger partial charge on any atom is 0.315 e. The molecule has 3 fully saturated rings. The fraction of sp³-hybridized carbons (Fsp3) is 0.889. The molecule has 6 unspecified atom stereocenters. The standard InChI is InChI=1S/C18H28F2N2O3/c19-12-8-13-14(16(21)15(12)20)17(23)11(18(24)25)9-22(13)7-6-10-4-2-1-3-5-10/h10-16H,1-9,21H2,(H,24,25). The maximum absolute atomic E-state index is 14.0. The van der Waals surface area contributed by atoms with Gasteiger partial charge in [-0.1, -0.05) is 32.1 Å². The van der Waals surface area contributed by atoms with Gasteiger partial charge in [0.1, 0.15) is 18.3 Å². The summed E-state index contributed by atoms with van der Waals surface area (Å²) in [6.45, 7) is 0.706. The van der Waals surface area contributed by atoms with Crippen LogP contribution in [0.25, 0.3) is 0 Å². The van der Waals surface area contributed by atoms with Gasteiger partial charge < -0.3 is 10.8 Å². The number of halogens is 2. The Morgan fingerprint density at radius 3 is 2.56 bits per heavy atom. The topological polar surface area (TPSA) is 83.6 Å². The van der Waals surface area contributed by atoms with Crippen LogP contribution in [-0.2, 0) is 9.59 Å². The number of nitrogens with two attached hydrogens (primary N) is 1. The molecule has 1 saturated heterocycles. The largest absolute Gasteiger partial charge is 0.481 e. The first-order chi connectivity index (χ1) is 11.9. The van der Waals surface area contributed by atoms with E-state index >= 15 is 0 Å². The minimum absolute atomic E-state index is 0.0811. The van der Waals surface area contributed by atoms with E-state index in [1.807, 2.05) is 4.90 Å². The molecule has 6 atom stereocenters. The molecular formula is C18H28F2N2O3. The molecule has 2 saturated carbocycles. The molecule has 0 radical (unpaired) electrons. The number of piperidine rings is 1. The van der Waals surface area contributed by atoms with Crippen molar-refractivity contribution in [2.75, 3.05) is 13.1 Å². The van der Waals surface area contributed by atoms with Gasteiger partial charge in [-0.2, -0.15) is 0 Å². The van der Waals surface area contributed by atoms with E-state index in [9.17, 15) is 23.5 Å². The van der Waals surface area contributed by atoms with Gasteiger partial charge in [-0.25, -0.2) is 8.78 Å². The lowest BCUT2D eigenvalue weighted by Crippen LogP contribution is -2.66. The van der Waals surface area contributed by atoms with Gasteiger partial charge in [0.25, 0.3) is 0 Å². The Hall–Kier alpha value is -1.08. The molecule has 5 nitrogen and oxygen atoms in total. The summed E-state index contributed by atoms with van der Waals surface area (Å²) >= 11 is 0. The van der Waals surface area contributed by atoms with Crippen LogP contribution in [0.2, 0.25) is 0 Å². The van der Waals surface area contributed by atoms with Gasteiger partial charge in [0.15, 0.2) is 5.78 Å². The highest BCUT2D eigenvalue weighted by molar-refractivity contribution is 6.01. The predicted molar refractivity (Wildman–Crippen MR) is 88.6 cm³/mol. The van der Waals surface area contributed by atoms with Crippen LogP contribution in [-0.4, -0.2) is 59.3 Å². The average Bonchev–Trinajstić information content (AvgIpc) is 2.59. The molecule has 3 aliphatic rings. The number of hydrogen-bond acceptors (Lipinski definition) is 4. The molecule has 0 amide bonds. The van der Waals surface area contributed by atoms with Crippen LogP contribution in [0.15, 0.2) is 0 Å². The van der Waals surface area contributed by atoms with Crippen molar-refractivity contribution in [3.63, 3.8) is 0 Å². The Balaban J connectivity index is 1.75. The summed E-state index contributed by atoms with van der Waals surface area (Å²) in [4.78, 5) is 25.9. The number of rotatable bonds is 4. The van der Waals surface area contributed by atoms with Crippen molar-refractivity contribution in [2.24, 2.45) is 23.5 Å². The molecule has 0 bridgehead atoms. The number of carbonyl (C=O) groups excluding carboxylic acids is 1. The first kappa shape index (κ1) is 18.7. The van der Waals surface area contributed by atoms with Crippen molar-refractivity contribution >= 4 is 11.8 Å². The average molecular weight is 358 g/mol. The number of Topliss-reactive ketones (excluding diaryl/α,β-unsaturated/α-hetero) is 1. The van der Waals surface area contributed by atoms with Crippen LogP contribution in [0.4, 0.5) is 8.78 Å². The fourth-order valence-electron chi connectivity index (χ4n) is 4.93. The van der Waals surface area contributed by atoms with Gasteiger partial charge >= 0.3 is 5.97 Å². The molecule has 1 aliphatic heterocycles. The molecule has 3 rings (SSSR count). The fourth-order valence-corrected chi connectivity index (χ4v) is 4.93. The van der Waals surface area contributed by atoms with Crippen molar-refractivity contribution in [2.45, 2.75) is 69.4 Å². The van der Waals surface area contributed by atoms with E-state index in [4.69, 9.17) is 5.73 Å². The second-order valence-corrected chi connectivity index (χ2v) is 7.95. The molecule has 1 heterocycles. The lowest BCUT2D eigenvalue weighted by Gasteiger charge is -2.49. The number of hydrogen-bond donors (Lipinski definition) is 2. The van der Waals surface area contributed by atoms with E-state index in [-0.39, 0.29) is 13.0 Å². The van der Waals surface area contributed by atoms with Gasteiger partial charge in [-0.05, 0) is 25.3 Å².